The number of sulfonamides is 1. The summed E-state index contributed by atoms with van der Waals surface area (Å²) in [6.45, 7) is 7.30. The number of para-hydroxylation sites is 1. The largest absolute Gasteiger partial charge is 0.354 e. The van der Waals surface area contributed by atoms with Gasteiger partial charge in [0.25, 0.3) is 10.0 Å². The van der Waals surface area contributed by atoms with Crippen molar-refractivity contribution in [2.45, 2.75) is 45.2 Å². The lowest BCUT2D eigenvalue weighted by Gasteiger charge is -2.32. The molecule has 1 atom stereocenters. The second kappa shape index (κ2) is 13.3. The van der Waals surface area contributed by atoms with Crippen molar-refractivity contribution in [2.24, 2.45) is 5.92 Å². The lowest BCUT2D eigenvalue weighted by molar-refractivity contribution is -0.139. The molecular formula is C29H33Cl2N3O4S. The summed E-state index contributed by atoms with van der Waals surface area (Å²) in [5.41, 5.74) is 1.71. The van der Waals surface area contributed by atoms with E-state index in [0.29, 0.717) is 33.4 Å². The zero-order valence-electron chi connectivity index (χ0n) is 22.4. The van der Waals surface area contributed by atoms with E-state index < -0.39 is 28.5 Å². The minimum Gasteiger partial charge on any atom is -0.354 e. The Hall–Kier alpha value is -3.07. The fourth-order valence-corrected chi connectivity index (χ4v) is 5.77. The first-order chi connectivity index (χ1) is 18.4. The van der Waals surface area contributed by atoms with Crippen molar-refractivity contribution >= 4 is 50.7 Å². The van der Waals surface area contributed by atoms with Crippen LogP contribution in [0.3, 0.4) is 0 Å². The molecule has 0 unspecified atom stereocenters. The standard InChI is InChI=1S/C29H33Cl2N3O4S/c1-20(2)17-32-29(36)22(4)33(18-23-14-15-25(30)26(31)16-23)28(35)19-34(27-13-9-8-10-21(27)3)39(37,38)24-11-6-5-7-12-24/h5-16,20,22H,17-19H2,1-4H3,(H,32,36)/t22-/m1/s1. The molecule has 0 heterocycles. The summed E-state index contributed by atoms with van der Waals surface area (Å²) in [5, 5.41) is 3.54. The van der Waals surface area contributed by atoms with Gasteiger partial charge in [0.2, 0.25) is 11.8 Å². The van der Waals surface area contributed by atoms with E-state index in [0.717, 1.165) is 4.31 Å². The van der Waals surface area contributed by atoms with E-state index in [9.17, 15) is 18.0 Å². The lowest BCUT2D eigenvalue weighted by atomic mass is 10.1. The quantitative estimate of drug-likeness (QED) is 0.311. The first kappa shape index (κ1) is 30.5. The first-order valence-electron chi connectivity index (χ1n) is 12.6. The van der Waals surface area contributed by atoms with E-state index in [4.69, 9.17) is 23.2 Å². The SMILES string of the molecule is Cc1ccccc1N(CC(=O)N(Cc1ccc(Cl)c(Cl)c1)[C@H](C)C(=O)NCC(C)C)S(=O)(=O)c1ccccc1. The summed E-state index contributed by atoms with van der Waals surface area (Å²) in [5.74, 6) is -0.672. The number of aryl methyl sites for hydroxylation is 1. The Morgan fingerprint density at radius 3 is 2.15 bits per heavy atom. The molecule has 0 aliphatic heterocycles. The van der Waals surface area contributed by atoms with E-state index >= 15 is 0 Å². The molecule has 39 heavy (non-hydrogen) atoms. The van der Waals surface area contributed by atoms with Crippen molar-refractivity contribution in [3.8, 4) is 0 Å². The van der Waals surface area contributed by atoms with Crippen LogP contribution in [0, 0.1) is 12.8 Å². The van der Waals surface area contributed by atoms with Crippen LogP contribution >= 0.6 is 23.2 Å². The van der Waals surface area contributed by atoms with E-state index in [1.807, 2.05) is 13.8 Å². The third-order valence-corrected chi connectivity index (χ3v) is 8.70. The highest BCUT2D eigenvalue weighted by Gasteiger charge is 2.33. The Bertz CT molecular complexity index is 1420. The molecule has 3 aromatic rings. The maximum atomic E-state index is 13.9. The molecule has 0 bridgehead atoms. The second-order valence-corrected chi connectivity index (χ2v) is 12.4. The number of hydrogen-bond acceptors (Lipinski definition) is 4. The number of nitrogens with one attached hydrogen (secondary N) is 1. The Balaban J connectivity index is 2.02. The highest BCUT2D eigenvalue weighted by Crippen LogP contribution is 2.28. The van der Waals surface area contributed by atoms with Gasteiger partial charge in [-0.2, -0.15) is 0 Å². The number of hydrogen-bond donors (Lipinski definition) is 1. The molecule has 10 heteroatoms. The number of amides is 2. The molecule has 0 radical (unpaired) electrons. The third-order valence-electron chi connectivity index (χ3n) is 6.18. The molecule has 0 fully saturated rings. The predicted molar refractivity (Wildman–Crippen MR) is 156 cm³/mol. The molecule has 0 spiro atoms. The van der Waals surface area contributed by atoms with E-state index in [1.165, 1.54) is 17.0 Å². The van der Waals surface area contributed by atoms with Crippen molar-refractivity contribution in [3.05, 3.63) is 94.0 Å². The minimum absolute atomic E-state index is 0.0268. The molecule has 7 nitrogen and oxygen atoms in total. The topological polar surface area (TPSA) is 86.8 Å². The molecule has 0 aliphatic carbocycles. The zero-order chi connectivity index (χ0) is 28.7. The molecule has 3 aromatic carbocycles. The monoisotopic (exact) mass is 589 g/mol. The Kier molecular flexibility index (Phi) is 10.4. The first-order valence-corrected chi connectivity index (χ1v) is 14.8. The summed E-state index contributed by atoms with van der Waals surface area (Å²) in [6.07, 6.45) is 0. The van der Waals surface area contributed by atoms with Gasteiger partial charge in [-0.1, -0.05) is 79.5 Å². The highest BCUT2D eigenvalue weighted by molar-refractivity contribution is 7.92. The second-order valence-electron chi connectivity index (χ2n) is 9.70. The summed E-state index contributed by atoms with van der Waals surface area (Å²) < 4.78 is 28.7. The van der Waals surface area contributed by atoms with Crippen molar-refractivity contribution in [1.29, 1.82) is 0 Å². The average molecular weight is 591 g/mol. The molecule has 3 rings (SSSR count). The molecule has 0 saturated carbocycles. The summed E-state index contributed by atoms with van der Waals surface area (Å²) in [7, 11) is -4.11. The van der Waals surface area contributed by atoms with Crippen LogP contribution in [0.25, 0.3) is 0 Å². The molecule has 0 aromatic heterocycles. The van der Waals surface area contributed by atoms with Gasteiger partial charge in [0.15, 0.2) is 0 Å². The maximum absolute atomic E-state index is 13.9. The summed E-state index contributed by atoms with van der Waals surface area (Å²) in [6, 6.07) is 19.0. The number of nitrogens with zero attached hydrogens (tertiary/aromatic N) is 2. The Morgan fingerprint density at radius 2 is 1.54 bits per heavy atom. The fourth-order valence-electron chi connectivity index (χ4n) is 3.95. The normalized spacial score (nSPS) is 12.2. The van der Waals surface area contributed by atoms with Crippen LogP contribution < -0.4 is 9.62 Å². The van der Waals surface area contributed by atoms with Gasteiger partial charge in [-0.05, 0) is 61.2 Å². The number of carbonyl (C=O) groups excluding carboxylic acids is 2. The number of carbonyl (C=O) groups is 2. The van der Waals surface area contributed by atoms with Gasteiger partial charge in [-0.15, -0.1) is 0 Å². The summed E-state index contributed by atoms with van der Waals surface area (Å²) in [4.78, 5) is 28.4. The zero-order valence-corrected chi connectivity index (χ0v) is 24.7. The fraction of sp³-hybridized carbons (Fsp3) is 0.310. The van der Waals surface area contributed by atoms with Crippen LogP contribution in [-0.2, 0) is 26.2 Å². The molecule has 2 amide bonds. The lowest BCUT2D eigenvalue weighted by Crippen LogP contribution is -2.51. The summed E-state index contributed by atoms with van der Waals surface area (Å²) >= 11 is 12.3. The molecule has 0 saturated heterocycles. The van der Waals surface area contributed by atoms with Crippen LogP contribution in [0.15, 0.2) is 77.7 Å². The van der Waals surface area contributed by atoms with Gasteiger partial charge >= 0.3 is 0 Å². The van der Waals surface area contributed by atoms with Gasteiger partial charge in [-0.3, -0.25) is 13.9 Å². The van der Waals surface area contributed by atoms with Gasteiger partial charge < -0.3 is 10.2 Å². The number of anilines is 1. The molecular weight excluding hydrogens is 557 g/mol. The van der Waals surface area contributed by atoms with Gasteiger partial charge in [-0.25, -0.2) is 8.42 Å². The number of halogens is 2. The molecule has 1 N–H and O–H groups in total. The minimum atomic E-state index is -4.11. The van der Waals surface area contributed by atoms with Crippen molar-refractivity contribution in [2.75, 3.05) is 17.4 Å². The Morgan fingerprint density at radius 1 is 0.897 bits per heavy atom. The Labute approximate surface area is 240 Å². The van der Waals surface area contributed by atoms with Crippen LogP contribution in [0.4, 0.5) is 5.69 Å². The highest BCUT2D eigenvalue weighted by atomic mass is 35.5. The van der Waals surface area contributed by atoms with E-state index in [1.54, 1.807) is 74.5 Å². The van der Waals surface area contributed by atoms with Crippen LogP contribution in [-0.4, -0.2) is 44.3 Å². The molecule has 208 valence electrons. The van der Waals surface area contributed by atoms with Crippen LogP contribution in [0.2, 0.25) is 10.0 Å². The van der Waals surface area contributed by atoms with E-state index in [-0.39, 0.29) is 23.3 Å². The number of benzene rings is 3. The van der Waals surface area contributed by atoms with Crippen LogP contribution in [0.1, 0.15) is 31.9 Å². The number of rotatable bonds is 11. The third kappa shape index (κ3) is 7.75. The van der Waals surface area contributed by atoms with Crippen molar-refractivity contribution in [1.82, 2.24) is 10.2 Å². The predicted octanol–water partition coefficient (Wildman–Crippen LogP) is 5.69. The van der Waals surface area contributed by atoms with Crippen molar-refractivity contribution in [3.63, 3.8) is 0 Å². The van der Waals surface area contributed by atoms with Crippen LogP contribution in [0.5, 0.6) is 0 Å². The smallest absolute Gasteiger partial charge is 0.264 e. The maximum Gasteiger partial charge on any atom is 0.264 e. The molecule has 0 aliphatic rings. The van der Waals surface area contributed by atoms with Crippen molar-refractivity contribution < 1.29 is 18.0 Å². The van der Waals surface area contributed by atoms with Gasteiger partial charge in [0, 0.05) is 13.1 Å². The van der Waals surface area contributed by atoms with E-state index in [2.05, 4.69) is 5.32 Å². The van der Waals surface area contributed by atoms with Gasteiger partial charge in [0.1, 0.15) is 12.6 Å². The average Bonchev–Trinajstić information content (AvgIpc) is 2.91. The van der Waals surface area contributed by atoms with Gasteiger partial charge in [0.05, 0.1) is 20.6 Å².